The fourth-order valence-corrected chi connectivity index (χ4v) is 2.63. The molecule has 0 aliphatic carbocycles. The molecule has 0 saturated carbocycles. The molecule has 1 amide bonds. The van der Waals surface area contributed by atoms with Gasteiger partial charge in [0, 0.05) is 24.8 Å². The van der Waals surface area contributed by atoms with Crippen molar-refractivity contribution in [3.05, 3.63) is 35.6 Å². The van der Waals surface area contributed by atoms with Crippen LogP contribution in [0.3, 0.4) is 0 Å². The molecule has 0 fully saturated rings. The largest absolute Gasteiger partial charge is 0.487 e. The van der Waals surface area contributed by atoms with Gasteiger partial charge in [0.25, 0.3) is 0 Å². The Morgan fingerprint density at radius 2 is 2.04 bits per heavy atom. The molecule has 1 aromatic rings. The molecule has 0 bridgehead atoms. The van der Waals surface area contributed by atoms with Gasteiger partial charge in [-0.3, -0.25) is 5.32 Å². The number of rotatable bonds is 8. The zero-order chi connectivity index (χ0) is 21.7. The van der Waals surface area contributed by atoms with E-state index >= 15 is 0 Å². The standard InChI is InChI=1S/C16H25BN4O4S.C2H6/c1-6-12(8-13(10(2)3)17(23)25-5)21-26-15-14(20-16(22)24-4)7-11(18)9-19-15;1-2/h6-10,21,23H,18H2,1-5H3,(H,20,22);1-2H3/b12-6+,13-8+;. The maximum atomic E-state index is 11.5. The molecule has 0 unspecified atom stereocenters. The first kappa shape index (κ1) is 25.8. The van der Waals surface area contributed by atoms with Crippen LogP contribution >= 0.6 is 11.9 Å². The molecule has 8 nitrogen and oxygen atoms in total. The molecule has 0 aliphatic rings. The van der Waals surface area contributed by atoms with Gasteiger partial charge in [-0.25, -0.2) is 9.78 Å². The number of amides is 1. The highest BCUT2D eigenvalue weighted by molar-refractivity contribution is 7.97. The maximum absolute atomic E-state index is 11.5. The zero-order valence-electron chi connectivity index (χ0n) is 17.6. The summed E-state index contributed by atoms with van der Waals surface area (Å²) in [6, 6.07) is 1.59. The molecule has 0 radical (unpaired) electrons. The third kappa shape index (κ3) is 8.68. The summed E-state index contributed by atoms with van der Waals surface area (Å²) in [6.07, 6.45) is 4.54. The summed E-state index contributed by atoms with van der Waals surface area (Å²) in [5.41, 5.74) is 8.04. The molecule has 28 heavy (non-hydrogen) atoms. The van der Waals surface area contributed by atoms with Crippen LogP contribution in [-0.2, 0) is 9.39 Å². The quantitative estimate of drug-likeness (QED) is 0.292. The van der Waals surface area contributed by atoms with Crippen LogP contribution in [0.1, 0.15) is 34.6 Å². The Labute approximate surface area is 172 Å². The highest BCUT2D eigenvalue weighted by atomic mass is 32.2. The number of allylic oxidation sites excluding steroid dienone is 3. The first-order chi connectivity index (χ1) is 13.3. The van der Waals surface area contributed by atoms with E-state index in [-0.39, 0.29) is 5.92 Å². The Balaban J connectivity index is 0.00000352. The molecule has 5 N–H and O–H groups in total. The van der Waals surface area contributed by atoms with Gasteiger partial charge in [-0.05, 0) is 30.5 Å². The third-order valence-electron chi connectivity index (χ3n) is 3.37. The van der Waals surface area contributed by atoms with E-state index < -0.39 is 13.2 Å². The number of nitrogens with zero attached hydrogens (tertiary/aromatic N) is 1. The van der Waals surface area contributed by atoms with Crippen LogP contribution in [0.2, 0.25) is 0 Å². The van der Waals surface area contributed by atoms with Crippen LogP contribution in [0.5, 0.6) is 0 Å². The van der Waals surface area contributed by atoms with Gasteiger partial charge in [0.15, 0.2) is 0 Å². The van der Waals surface area contributed by atoms with Crippen molar-refractivity contribution >= 4 is 36.5 Å². The summed E-state index contributed by atoms with van der Waals surface area (Å²) in [5.74, 6) is 0.0953. The SMILES string of the molecule is C/C=C(\C=C(\B(O)OC)C(C)C)NSc1ncc(N)cc1NC(=O)OC.CC. The normalized spacial score (nSPS) is 11.5. The number of nitrogens with two attached hydrogens (primary N) is 1. The van der Waals surface area contributed by atoms with Crippen LogP contribution in [0.25, 0.3) is 0 Å². The van der Waals surface area contributed by atoms with Gasteiger partial charge in [0.05, 0.1) is 24.7 Å². The monoisotopic (exact) mass is 410 g/mol. The van der Waals surface area contributed by atoms with E-state index in [4.69, 9.17) is 10.4 Å². The van der Waals surface area contributed by atoms with E-state index in [1.54, 1.807) is 6.07 Å². The van der Waals surface area contributed by atoms with Crippen LogP contribution in [-0.4, -0.2) is 37.4 Å². The van der Waals surface area contributed by atoms with E-state index in [1.807, 2.05) is 46.8 Å². The van der Waals surface area contributed by atoms with E-state index in [9.17, 15) is 9.82 Å². The Hall–Kier alpha value is -2.17. The Morgan fingerprint density at radius 3 is 2.54 bits per heavy atom. The average molecular weight is 410 g/mol. The summed E-state index contributed by atoms with van der Waals surface area (Å²) in [4.78, 5) is 15.7. The lowest BCUT2D eigenvalue weighted by Gasteiger charge is -2.15. The number of ether oxygens (including phenoxy) is 1. The van der Waals surface area contributed by atoms with Crippen molar-refractivity contribution < 1.29 is 19.2 Å². The van der Waals surface area contributed by atoms with E-state index in [1.165, 1.54) is 32.4 Å². The number of hydrogen-bond acceptors (Lipinski definition) is 8. The van der Waals surface area contributed by atoms with Crippen molar-refractivity contribution in [2.75, 3.05) is 25.3 Å². The summed E-state index contributed by atoms with van der Waals surface area (Å²) in [6.45, 7) is 9.80. The van der Waals surface area contributed by atoms with Crippen LogP contribution in [0.4, 0.5) is 16.2 Å². The van der Waals surface area contributed by atoms with Crippen LogP contribution in [0.15, 0.2) is 40.6 Å². The van der Waals surface area contributed by atoms with Crippen LogP contribution in [0, 0.1) is 5.92 Å². The molecule has 10 heteroatoms. The molecular weight excluding hydrogens is 379 g/mol. The Morgan fingerprint density at radius 1 is 1.39 bits per heavy atom. The number of pyridine rings is 1. The fraction of sp³-hybridized carbons (Fsp3) is 0.444. The summed E-state index contributed by atoms with van der Waals surface area (Å²) < 4.78 is 12.8. The lowest BCUT2D eigenvalue weighted by molar-refractivity contribution is 0.187. The van der Waals surface area contributed by atoms with E-state index in [2.05, 4.69) is 19.8 Å². The van der Waals surface area contributed by atoms with Crippen molar-refractivity contribution in [1.82, 2.24) is 9.71 Å². The topological polar surface area (TPSA) is 119 Å². The highest BCUT2D eigenvalue weighted by Crippen LogP contribution is 2.26. The number of aromatic nitrogens is 1. The van der Waals surface area contributed by atoms with E-state index in [0.29, 0.717) is 16.4 Å². The molecule has 156 valence electrons. The molecule has 1 aromatic heterocycles. The predicted octanol–water partition coefficient (Wildman–Crippen LogP) is 3.62. The average Bonchev–Trinajstić information content (AvgIpc) is 2.69. The van der Waals surface area contributed by atoms with Gasteiger partial charge in [0.2, 0.25) is 0 Å². The molecule has 1 heterocycles. The second kappa shape index (κ2) is 13.9. The number of hydrogen-bond donors (Lipinski definition) is 4. The molecule has 0 spiro atoms. The molecule has 0 aliphatic heterocycles. The minimum atomic E-state index is -0.983. The number of carbonyl (C=O) groups excluding carboxylic acids is 1. The lowest BCUT2D eigenvalue weighted by atomic mass is 9.72. The second-order valence-corrected chi connectivity index (χ2v) is 6.37. The molecule has 0 saturated heterocycles. The van der Waals surface area contributed by atoms with Crippen molar-refractivity contribution in [1.29, 1.82) is 0 Å². The summed E-state index contributed by atoms with van der Waals surface area (Å²) in [5, 5.41) is 13.1. The number of carbonyl (C=O) groups is 1. The smallest absolute Gasteiger partial charge is 0.453 e. The fourth-order valence-electron chi connectivity index (χ4n) is 1.92. The summed E-state index contributed by atoms with van der Waals surface area (Å²) in [7, 11) is 1.74. The first-order valence-corrected chi connectivity index (χ1v) is 9.76. The predicted molar refractivity (Wildman–Crippen MR) is 117 cm³/mol. The maximum Gasteiger partial charge on any atom is 0.487 e. The Bertz CT molecular complexity index is 684. The van der Waals surface area contributed by atoms with Crippen molar-refractivity contribution in [3.8, 4) is 0 Å². The van der Waals surface area contributed by atoms with Gasteiger partial charge < -0.3 is 24.9 Å². The first-order valence-electron chi connectivity index (χ1n) is 8.94. The number of nitrogens with one attached hydrogen (secondary N) is 2. The molecule has 0 aromatic carbocycles. The summed E-state index contributed by atoms with van der Waals surface area (Å²) >= 11 is 1.19. The minimum Gasteiger partial charge on any atom is -0.453 e. The molecular formula is C18H31BN4O4S. The number of methoxy groups -OCH3 is 1. The van der Waals surface area contributed by atoms with E-state index in [0.717, 1.165) is 11.2 Å². The number of anilines is 2. The van der Waals surface area contributed by atoms with Gasteiger partial charge in [0.1, 0.15) is 5.03 Å². The Kier molecular flexibility index (Phi) is 12.8. The lowest BCUT2D eigenvalue weighted by Crippen LogP contribution is -2.23. The molecule has 1 rings (SSSR count). The second-order valence-electron chi connectivity index (χ2n) is 5.57. The van der Waals surface area contributed by atoms with Gasteiger partial charge in [-0.15, -0.1) is 0 Å². The zero-order valence-corrected chi connectivity index (χ0v) is 18.4. The van der Waals surface area contributed by atoms with Gasteiger partial charge >= 0.3 is 13.2 Å². The third-order valence-corrected chi connectivity index (χ3v) is 4.22. The van der Waals surface area contributed by atoms with Crippen molar-refractivity contribution in [2.45, 2.75) is 39.6 Å². The van der Waals surface area contributed by atoms with Gasteiger partial charge in [-0.2, -0.15) is 0 Å². The van der Waals surface area contributed by atoms with Crippen molar-refractivity contribution in [2.24, 2.45) is 5.92 Å². The van der Waals surface area contributed by atoms with Crippen molar-refractivity contribution in [3.63, 3.8) is 0 Å². The highest BCUT2D eigenvalue weighted by Gasteiger charge is 2.21. The molecule has 0 atom stereocenters. The van der Waals surface area contributed by atoms with Crippen LogP contribution < -0.4 is 15.8 Å². The van der Waals surface area contributed by atoms with Gasteiger partial charge in [-0.1, -0.05) is 33.8 Å². The number of nitrogen functional groups attached to an aromatic ring is 1. The minimum absolute atomic E-state index is 0.0953.